The van der Waals surface area contributed by atoms with Crippen molar-refractivity contribution >= 4 is 16.7 Å². The number of oxime groups is 1. The Balaban J connectivity index is 0.000000300. The van der Waals surface area contributed by atoms with Crippen molar-refractivity contribution < 1.29 is 46.6 Å². The summed E-state index contributed by atoms with van der Waals surface area (Å²) in [5, 5.41) is 17.1. The van der Waals surface area contributed by atoms with E-state index in [2.05, 4.69) is 27.0 Å². The lowest BCUT2D eigenvalue weighted by molar-refractivity contribution is -0.138. The maximum Gasteiger partial charge on any atom is 0.416 e. The minimum Gasteiger partial charge on any atom is -0.411 e. The van der Waals surface area contributed by atoms with Crippen LogP contribution < -0.4 is 0 Å². The summed E-state index contributed by atoms with van der Waals surface area (Å²) in [5.41, 5.74) is -0.662. The van der Waals surface area contributed by atoms with Crippen molar-refractivity contribution in [1.29, 1.82) is 0 Å². The third-order valence-corrected chi connectivity index (χ3v) is 8.35. The highest BCUT2D eigenvalue weighted by molar-refractivity contribution is 6.02. The maximum absolute atomic E-state index is 14.0. The van der Waals surface area contributed by atoms with Crippen LogP contribution in [0.4, 0.5) is 35.4 Å². The van der Waals surface area contributed by atoms with Crippen LogP contribution >= 0.6 is 0 Å². The van der Waals surface area contributed by atoms with Crippen LogP contribution in [0.3, 0.4) is 0 Å². The molecule has 2 fully saturated rings. The fourth-order valence-corrected chi connectivity index (χ4v) is 5.73. The van der Waals surface area contributed by atoms with Crippen LogP contribution in [0.1, 0.15) is 69.3 Å². The molecule has 0 bridgehead atoms. The minimum absolute atomic E-state index is 0. The predicted molar refractivity (Wildman–Crippen MR) is 152 cm³/mol. The van der Waals surface area contributed by atoms with Crippen LogP contribution in [0, 0.1) is 11.7 Å². The molecular weight excluding hydrogens is 600 g/mol. The summed E-state index contributed by atoms with van der Waals surface area (Å²) in [6, 6.07) is 5.92. The summed E-state index contributed by atoms with van der Waals surface area (Å²) in [5.74, 6) is -0.898. The first-order valence-electron chi connectivity index (χ1n) is 14.4. The Bertz CT molecular complexity index is 1400. The summed E-state index contributed by atoms with van der Waals surface area (Å²) < 4.78 is 94.9. The molecule has 3 aromatic rings. The van der Waals surface area contributed by atoms with E-state index < -0.39 is 29.3 Å². The van der Waals surface area contributed by atoms with Crippen molar-refractivity contribution in [2.24, 2.45) is 11.1 Å². The molecule has 14 heteroatoms. The molecule has 0 aliphatic carbocycles. The molecule has 0 amide bonds. The highest BCUT2D eigenvalue weighted by Gasteiger charge is 2.34. The second-order valence-corrected chi connectivity index (χ2v) is 10.9. The van der Waals surface area contributed by atoms with Gasteiger partial charge in [0.25, 0.3) is 0 Å². The molecule has 2 aliphatic heterocycles. The van der Waals surface area contributed by atoms with Gasteiger partial charge in [-0.3, -0.25) is 4.70 Å². The third kappa shape index (κ3) is 8.26. The Morgan fingerprint density at radius 2 is 1.41 bits per heavy atom. The van der Waals surface area contributed by atoms with Crippen LogP contribution in [0.5, 0.6) is 0 Å². The number of rotatable bonds is 5. The molecule has 44 heavy (non-hydrogen) atoms. The molecule has 0 radical (unpaired) electrons. The van der Waals surface area contributed by atoms with Gasteiger partial charge in [0.1, 0.15) is 5.82 Å². The van der Waals surface area contributed by atoms with Gasteiger partial charge >= 0.3 is 12.4 Å². The smallest absolute Gasteiger partial charge is 0.411 e. The average molecular weight is 641 g/mol. The second-order valence-electron chi connectivity index (χ2n) is 10.9. The molecule has 0 unspecified atom stereocenters. The fraction of sp³-hybridized carbons (Fsp3) is 0.533. The SMILES string of the molecule is CCN1CCC(/C(=N\O)c2ccc(C(F)(F)F)cc2F)CC1.CCN1CCC(c2noc3cc(C(F)(F)F)ccc23)CC1.F.[3HH]. The number of aromatic nitrogens is 1. The lowest BCUT2D eigenvalue weighted by Crippen LogP contribution is -2.36. The van der Waals surface area contributed by atoms with Gasteiger partial charge in [0.2, 0.25) is 0 Å². The zero-order chi connectivity index (χ0) is 31.4. The molecule has 246 valence electrons. The van der Waals surface area contributed by atoms with Crippen LogP contribution in [0.2, 0.25) is 0 Å². The summed E-state index contributed by atoms with van der Waals surface area (Å²) >= 11 is 0. The molecule has 3 heterocycles. The zero-order valence-electron chi connectivity index (χ0n) is 24.4. The zero-order valence-corrected chi connectivity index (χ0v) is 24.4. The van der Waals surface area contributed by atoms with Gasteiger partial charge in [0.05, 0.1) is 22.5 Å². The third-order valence-electron chi connectivity index (χ3n) is 8.35. The molecule has 2 aromatic carbocycles. The largest absolute Gasteiger partial charge is 0.416 e. The summed E-state index contributed by atoms with van der Waals surface area (Å²) in [4.78, 5) is 4.58. The van der Waals surface area contributed by atoms with Crippen molar-refractivity contribution in [1.82, 2.24) is 15.0 Å². The van der Waals surface area contributed by atoms with Gasteiger partial charge in [-0.1, -0.05) is 24.2 Å². The standard InChI is InChI=1S/C15H18F4N2O.C15H17F3N2O.FH.H2/c1-2-21-7-5-10(6-8-21)14(20-22)12-4-3-11(9-13(12)16)15(17,18)19;1-2-20-7-5-10(6-8-20)14-12-4-3-11(15(16,17)18)9-13(12)21-19-14;;/h3-4,9-10,22H,2,5-8H2,1H3;3-4,9-10H,2,5-8H2,1H3;2*1H/b20-14+;;;/i;;;1+2. The van der Waals surface area contributed by atoms with E-state index in [0.29, 0.717) is 24.3 Å². The molecule has 0 saturated carbocycles. The Labute approximate surface area is 251 Å². The summed E-state index contributed by atoms with van der Waals surface area (Å²) in [6.07, 6.45) is -5.63. The van der Waals surface area contributed by atoms with Crippen LogP contribution in [-0.2, 0) is 12.4 Å². The van der Waals surface area contributed by atoms with Gasteiger partial charge in [0.15, 0.2) is 5.58 Å². The van der Waals surface area contributed by atoms with Crippen molar-refractivity contribution in [2.75, 3.05) is 39.3 Å². The quantitative estimate of drug-likeness (QED) is 0.132. The van der Waals surface area contributed by atoms with E-state index in [0.717, 1.165) is 82.1 Å². The number of nitrogens with zero attached hydrogens (tertiary/aromatic N) is 4. The normalized spacial score (nSPS) is 18.2. The molecule has 0 atom stereocenters. The average Bonchev–Trinajstić information content (AvgIpc) is 3.41. The van der Waals surface area contributed by atoms with E-state index in [1.54, 1.807) is 0 Å². The number of hydrogen-bond donors (Lipinski definition) is 1. The van der Waals surface area contributed by atoms with Crippen LogP contribution in [0.15, 0.2) is 46.1 Å². The predicted octanol–water partition coefficient (Wildman–Crippen LogP) is 8.20. The van der Waals surface area contributed by atoms with Crippen molar-refractivity contribution in [3.8, 4) is 0 Å². The molecule has 6 nitrogen and oxygen atoms in total. The fourth-order valence-electron chi connectivity index (χ4n) is 5.73. The Morgan fingerprint density at radius 1 is 0.886 bits per heavy atom. The Kier molecular flexibility index (Phi) is 11.8. The Hall–Kier alpha value is -3.26. The van der Waals surface area contributed by atoms with E-state index in [1.165, 1.54) is 6.07 Å². The van der Waals surface area contributed by atoms with Gasteiger partial charge in [-0.2, -0.15) is 26.3 Å². The van der Waals surface area contributed by atoms with Crippen LogP contribution in [0.25, 0.3) is 11.0 Å². The summed E-state index contributed by atoms with van der Waals surface area (Å²) in [7, 11) is 0. The lowest BCUT2D eigenvalue weighted by atomic mass is 9.87. The van der Waals surface area contributed by atoms with E-state index in [-0.39, 0.29) is 34.8 Å². The molecule has 1 aromatic heterocycles. The van der Waals surface area contributed by atoms with E-state index >= 15 is 0 Å². The molecule has 5 rings (SSSR count). The van der Waals surface area contributed by atoms with E-state index in [4.69, 9.17) is 4.52 Å². The highest BCUT2D eigenvalue weighted by atomic mass is 19.4. The summed E-state index contributed by atoms with van der Waals surface area (Å²) in [6.45, 7) is 9.69. The number of likely N-dealkylation sites (tertiary alicyclic amines) is 2. The molecule has 1 N–H and O–H groups in total. The van der Waals surface area contributed by atoms with Gasteiger partial charge < -0.3 is 19.5 Å². The second kappa shape index (κ2) is 14.7. The van der Waals surface area contributed by atoms with Gasteiger partial charge in [0, 0.05) is 24.2 Å². The maximum atomic E-state index is 14.0. The first-order valence-corrected chi connectivity index (χ1v) is 14.4. The van der Waals surface area contributed by atoms with Crippen LogP contribution in [-0.4, -0.2) is 65.1 Å². The number of fused-ring (bicyclic) bond motifs is 1. The highest BCUT2D eigenvalue weighted by Crippen LogP contribution is 2.36. The molecule has 2 saturated heterocycles. The lowest BCUT2D eigenvalue weighted by Gasteiger charge is -2.31. The minimum atomic E-state index is -4.59. The van der Waals surface area contributed by atoms with Crippen molar-refractivity contribution in [3.05, 3.63) is 64.6 Å². The number of halogens is 8. The topological polar surface area (TPSA) is 65.1 Å². The van der Waals surface area contributed by atoms with Crippen molar-refractivity contribution in [2.45, 2.75) is 57.8 Å². The van der Waals surface area contributed by atoms with E-state index in [1.807, 2.05) is 6.92 Å². The first-order chi connectivity index (χ1) is 20.3. The first kappa shape index (κ1) is 35.2. The Morgan fingerprint density at radius 3 is 1.91 bits per heavy atom. The van der Waals surface area contributed by atoms with Gasteiger partial charge in [-0.05, 0) is 101 Å². The van der Waals surface area contributed by atoms with E-state index in [9.17, 15) is 35.9 Å². The van der Waals surface area contributed by atoms with Crippen molar-refractivity contribution in [3.63, 3.8) is 0 Å². The molecular formula is C30H38F8N4O2. The van der Waals surface area contributed by atoms with Gasteiger partial charge in [-0.15, -0.1) is 0 Å². The number of hydrogen-bond acceptors (Lipinski definition) is 6. The monoisotopic (exact) mass is 640 g/mol. The van der Waals surface area contributed by atoms with Gasteiger partial charge in [-0.25, -0.2) is 4.39 Å². The molecule has 0 spiro atoms. The molecule has 2 aliphatic rings. The number of piperidine rings is 2. The number of alkyl halides is 6. The number of benzene rings is 2.